The molecule has 2 heterocycles. The van der Waals surface area contributed by atoms with Gasteiger partial charge in [-0.25, -0.2) is 4.68 Å². The summed E-state index contributed by atoms with van der Waals surface area (Å²) in [5.74, 6) is 1.11. The molecule has 2 N–H and O–H groups in total. The number of aromatic nitrogens is 4. The molecule has 106 valence electrons. The number of tetrazole rings is 1. The Morgan fingerprint density at radius 3 is 3.10 bits per heavy atom. The Kier molecular flexibility index (Phi) is 3.84. The van der Waals surface area contributed by atoms with Crippen LogP contribution in [0.4, 0.5) is 5.69 Å². The van der Waals surface area contributed by atoms with Gasteiger partial charge in [0.1, 0.15) is 0 Å². The number of hydrogen-bond acceptors (Lipinski definition) is 5. The molecule has 3 rings (SSSR count). The molecule has 0 spiro atoms. The van der Waals surface area contributed by atoms with Gasteiger partial charge in [0, 0.05) is 23.8 Å². The van der Waals surface area contributed by atoms with E-state index in [0.29, 0.717) is 22.5 Å². The van der Waals surface area contributed by atoms with E-state index >= 15 is 0 Å². The van der Waals surface area contributed by atoms with Crippen molar-refractivity contribution in [3.63, 3.8) is 0 Å². The van der Waals surface area contributed by atoms with Gasteiger partial charge >= 0.3 is 0 Å². The second-order valence-corrected chi connectivity index (χ2v) is 5.41. The molecule has 1 aromatic carbocycles. The number of benzene rings is 1. The molecule has 0 amide bonds. The van der Waals surface area contributed by atoms with Gasteiger partial charge in [0.05, 0.1) is 18.2 Å². The predicted molar refractivity (Wildman–Crippen MR) is 76.2 cm³/mol. The van der Waals surface area contributed by atoms with Crippen LogP contribution in [0.3, 0.4) is 0 Å². The SMILES string of the molecule is Nc1ccc(-c2nnnn2CC2CCCOC2)c(Cl)c1. The molecule has 7 heteroatoms. The van der Waals surface area contributed by atoms with Crippen LogP contribution >= 0.6 is 11.6 Å². The summed E-state index contributed by atoms with van der Waals surface area (Å²) in [4.78, 5) is 0. The average molecular weight is 294 g/mol. The van der Waals surface area contributed by atoms with Crippen molar-refractivity contribution < 1.29 is 4.74 Å². The van der Waals surface area contributed by atoms with Crippen molar-refractivity contribution in [2.45, 2.75) is 19.4 Å². The van der Waals surface area contributed by atoms with E-state index in [1.54, 1.807) is 16.8 Å². The highest BCUT2D eigenvalue weighted by Crippen LogP contribution is 2.28. The lowest BCUT2D eigenvalue weighted by Crippen LogP contribution is -2.23. The number of ether oxygens (including phenoxy) is 1. The van der Waals surface area contributed by atoms with Crippen LogP contribution in [-0.4, -0.2) is 33.4 Å². The molecular weight excluding hydrogens is 278 g/mol. The van der Waals surface area contributed by atoms with Crippen molar-refractivity contribution in [1.29, 1.82) is 0 Å². The van der Waals surface area contributed by atoms with Gasteiger partial charge in [-0.2, -0.15) is 0 Å². The maximum absolute atomic E-state index is 6.22. The van der Waals surface area contributed by atoms with Crippen LogP contribution < -0.4 is 5.73 Å². The van der Waals surface area contributed by atoms with E-state index in [-0.39, 0.29) is 0 Å². The summed E-state index contributed by atoms with van der Waals surface area (Å²) in [7, 11) is 0. The van der Waals surface area contributed by atoms with Gasteiger partial charge in [0.25, 0.3) is 0 Å². The van der Waals surface area contributed by atoms with Gasteiger partial charge in [0.15, 0.2) is 5.82 Å². The van der Waals surface area contributed by atoms with Gasteiger partial charge in [-0.15, -0.1) is 5.10 Å². The fourth-order valence-corrected chi connectivity index (χ4v) is 2.70. The number of halogens is 1. The summed E-state index contributed by atoms with van der Waals surface area (Å²) < 4.78 is 7.28. The second-order valence-electron chi connectivity index (χ2n) is 5.01. The third-order valence-corrected chi connectivity index (χ3v) is 3.76. The molecule has 1 unspecified atom stereocenters. The Hall–Kier alpha value is -1.66. The van der Waals surface area contributed by atoms with E-state index in [1.165, 1.54) is 0 Å². The first-order valence-corrected chi connectivity index (χ1v) is 7.01. The van der Waals surface area contributed by atoms with Crippen LogP contribution in [0.25, 0.3) is 11.4 Å². The fraction of sp³-hybridized carbons (Fsp3) is 0.462. The second kappa shape index (κ2) is 5.76. The third-order valence-electron chi connectivity index (χ3n) is 3.45. The normalized spacial score (nSPS) is 19.1. The van der Waals surface area contributed by atoms with Crippen molar-refractivity contribution in [2.24, 2.45) is 5.92 Å². The van der Waals surface area contributed by atoms with E-state index in [1.807, 2.05) is 6.07 Å². The standard InChI is InChI=1S/C13H16ClN5O/c14-12-6-10(15)3-4-11(12)13-16-17-18-19(13)7-9-2-1-5-20-8-9/h3-4,6,9H,1-2,5,7-8,15H2. The topological polar surface area (TPSA) is 78.9 Å². The van der Waals surface area contributed by atoms with Gasteiger partial charge in [-0.1, -0.05) is 11.6 Å². The number of nitrogen functional groups attached to an aromatic ring is 1. The van der Waals surface area contributed by atoms with Crippen LogP contribution in [0, 0.1) is 5.92 Å². The summed E-state index contributed by atoms with van der Waals surface area (Å²) >= 11 is 6.22. The van der Waals surface area contributed by atoms with E-state index in [9.17, 15) is 0 Å². The molecule has 0 aliphatic carbocycles. The third kappa shape index (κ3) is 2.76. The Bertz CT molecular complexity index is 594. The lowest BCUT2D eigenvalue weighted by Gasteiger charge is -2.22. The average Bonchev–Trinajstić information content (AvgIpc) is 2.88. The number of hydrogen-bond donors (Lipinski definition) is 1. The first-order chi connectivity index (χ1) is 9.74. The van der Waals surface area contributed by atoms with Crippen molar-refractivity contribution in [3.8, 4) is 11.4 Å². The molecule has 1 saturated heterocycles. The Morgan fingerprint density at radius 1 is 1.45 bits per heavy atom. The molecule has 20 heavy (non-hydrogen) atoms. The molecule has 2 aromatic rings. The molecule has 0 bridgehead atoms. The quantitative estimate of drug-likeness (QED) is 0.876. The molecule has 1 aliphatic rings. The molecule has 1 fully saturated rings. The van der Waals surface area contributed by atoms with Gasteiger partial charge in [0.2, 0.25) is 0 Å². The largest absolute Gasteiger partial charge is 0.399 e. The maximum atomic E-state index is 6.22. The van der Waals surface area contributed by atoms with Crippen LogP contribution in [0.1, 0.15) is 12.8 Å². The highest BCUT2D eigenvalue weighted by Gasteiger charge is 2.19. The van der Waals surface area contributed by atoms with Crippen LogP contribution in [0.5, 0.6) is 0 Å². The maximum Gasteiger partial charge on any atom is 0.183 e. The predicted octanol–water partition coefficient (Wildman–Crippen LogP) is 2.00. The van der Waals surface area contributed by atoms with Crippen molar-refractivity contribution in [3.05, 3.63) is 23.2 Å². The summed E-state index contributed by atoms with van der Waals surface area (Å²) in [5.41, 5.74) is 7.13. The van der Waals surface area contributed by atoms with Crippen LogP contribution in [-0.2, 0) is 11.3 Å². The summed E-state index contributed by atoms with van der Waals surface area (Å²) in [6, 6.07) is 5.35. The molecule has 0 saturated carbocycles. The minimum atomic E-state index is 0.443. The van der Waals surface area contributed by atoms with Gasteiger partial charge < -0.3 is 10.5 Å². The lowest BCUT2D eigenvalue weighted by molar-refractivity contribution is 0.0470. The first-order valence-electron chi connectivity index (χ1n) is 6.63. The van der Waals surface area contributed by atoms with Crippen LogP contribution in [0.2, 0.25) is 5.02 Å². The zero-order valence-corrected chi connectivity index (χ0v) is 11.8. The molecule has 1 aliphatic heterocycles. The fourth-order valence-electron chi connectivity index (χ4n) is 2.43. The monoisotopic (exact) mass is 293 g/mol. The van der Waals surface area contributed by atoms with Crippen molar-refractivity contribution >= 4 is 17.3 Å². The molecule has 1 aromatic heterocycles. The summed E-state index contributed by atoms with van der Waals surface area (Å²) in [6.45, 7) is 2.35. The zero-order chi connectivity index (χ0) is 13.9. The summed E-state index contributed by atoms with van der Waals surface area (Å²) in [6.07, 6.45) is 2.22. The minimum absolute atomic E-state index is 0.443. The van der Waals surface area contributed by atoms with Crippen molar-refractivity contribution in [2.75, 3.05) is 18.9 Å². The van der Waals surface area contributed by atoms with E-state index < -0.39 is 0 Å². The van der Waals surface area contributed by atoms with Crippen LogP contribution in [0.15, 0.2) is 18.2 Å². The molecule has 0 radical (unpaired) electrons. The van der Waals surface area contributed by atoms with Gasteiger partial charge in [-0.05, 0) is 41.5 Å². The van der Waals surface area contributed by atoms with Crippen molar-refractivity contribution in [1.82, 2.24) is 20.2 Å². The molecular formula is C13H16ClN5O. The smallest absolute Gasteiger partial charge is 0.183 e. The number of rotatable bonds is 3. The number of nitrogens with zero attached hydrogens (tertiary/aromatic N) is 4. The molecule has 6 nitrogen and oxygen atoms in total. The highest BCUT2D eigenvalue weighted by molar-refractivity contribution is 6.33. The highest BCUT2D eigenvalue weighted by atomic mass is 35.5. The number of nitrogens with two attached hydrogens (primary N) is 1. The zero-order valence-electron chi connectivity index (χ0n) is 11.0. The Balaban J connectivity index is 1.85. The lowest BCUT2D eigenvalue weighted by atomic mass is 10.0. The minimum Gasteiger partial charge on any atom is -0.399 e. The van der Waals surface area contributed by atoms with E-state index in [0.717, 1.165) is 38.2 Å². The Labute approximate surface area is 121 Å². The first kappa shape index (κ1) is 13.3. The van der Waals surface area contributed by atoms with E-state index in [4.69, 9.17) is 22.1 Å². The number of anilines is 1. The van der Waals surface area contributed by atoms with E-state index in [2.05, 4.69) is 15.5 Å². The Morgan fingerprint density at radius 2 is 2.35 bits per heavy atom. The molecule has 1 atom stereocenters. The summed E-state index contributed by atoms with van der Waals surface area (Å²) in [5, 5.41) is 12.5. The van der Waals surface area contributed by atoms with Gasteiger partial charge in [-0.3, -0.25) is 0 Å².